The molecule has 2 unspecified atom stereocenters. The molecule has 0 saturated carbocycles. The number of amides is 1. The molecule has 2 N–H and O–H groups in total. The Morgan fingerprint density at radius 2 is 2.05 bits per heavy atom. The SMILES string of the molecule is Cc1ccc(NC(=O)C(C)NCC2CC=CCC2)cc1. The second kappa shape index (κ2) is 7.25. The molecule has 3 nitrogen and oxygen atoms in total. The molecular weight excluding hydrogens is 248 g/mol. The van der Waals surface area contributed by atoms with E-state index in [0.717, 1.165) is 25.1 Å². The summed E-state index contributed by atoms with van der Waals surface area (Å²) in [6.07, 6.45) is 7.99. The third-order valence-corrected chi connectivity index (χ3v) is 3.80. The van der Waals surface area contributed by atoms with Crippen molar-refractivity contribution in [3.8, 4) is 0 Å². The van der Waals surface area contributed by atoms with Crippen LogP contribution in [-0.2, 0) is 4.79 Å². The number of nitrogens with one attached hydrogen (secondary N) is 2. The van der Waals surface area contributed by atoms with Gasteiger partial charge in [0.25, 0.3) is 0 Å². The van der Waals surface area contributed by atoms with Crippen molar-refractivity contribution in [1.82, 2.24) is 5.32 Å². The Labute approximate surface area is 121 Å². The molecule has 1 aromatic carbocycles. The molecule has 2 atom stereocenters. The summed E-state index contributed by atoms with van der Waals surface area (Å²) in [7, 11) is 0. The minimum absolute atomic E-state index is 0.0280. The van der Waals surface area contributed by atoms with Crippen LogP contribution in [0.4, 0.5) is 5.69 Å². The first-order chi connectivity index (χ1) is 9.65. The summed E-state index contributed by atoms with van der Waals surface area (Å²) in [5.74, 6) is 0.690. The van der Waals surface area contributed by atoms with Gasteiger partial charge in [0.15, 0.2) is 0 Å². The lowest BCUT2D eigenvalue weighted by Crippen LogP contribution is -2.40. The molecule has 0 aliphatic heterocycles. The van der Waals surface area contributed by atoms with E-state index < -0.39 is 0 Å². The molecular formula is C17H24N2O. The molecule has 1 amide bonds. The fraction of sp³-hybridized carbons (Fsp3) is 0.471. The molecule has 108 valence electrons. The topological polar surface area (TPSA) is 41.1 Å². The number of carbonyl (C=O) groups excluding carboxylic acids is 1. The van der Waals surface area contributed by atoms with Crippen LogP contribution in [0.2, 0.25) is 0 Å². The lowest BCUT2D eigenvalue weighted by atomic mass is 9.94. The lowest BCUT2D eigenvalue weighted by Gasteiger charge is -2.21. The number of anilines is 1. The third kappa shape index (κ3) is 4.49. The van der Waals surface area contributed by atoms with Gasteiger partial charge in [0.1, 0.15) is 0 Å². The molecule has 20 heavy (non-hydrogen) atoms. The lowest BCUT2D eigenvalue weighted by molar-refractivity contribution is -0.117. The summed E-state index contributed by atoms with van der Waals surface area (Å²) in [6, 6.07) is 7.71. The van der Waals surface area contributed by atoms with Crippen LogP contribution < -0.4 is 10.6 Å². The van der Waals surface area contributed by atoms with Gasteiger partial charge in [0, 0.05) is 5.69 Å². The maximum absolute atomic E-state index is 12.1. The van der Waals surface area contributed by atoms with Crippen molar-refractivity contribution in [2.45, 2.75) is 39.2 Å². The number of hydrogen-bond donors (Lipinski definition) is 2. The Bertz CT molecular complexity index is 464. The number of hydrogen-bond acceptors (Lipinski definition) is 2. The molecule has 0 spiro atoms. The molecule has 0 saturated heterocycles. The Hall–Kier alpha value is -1.61. The van der Waals surface area contributed by atoms with Crippen molar-refractivity contribution in [2.75, 3.05) is 11.9 Å². The summed E-state index contributed by atoms with van der Waals surface area (Å²) in [5, 5.41) is 6.28. The zero-order valence-corrected chi connectivity index (χ0v) is 12.4. The van der Waals surface area contributed by atoms with Gasteiger partial charge in [0.2, 0.25) is 5.91 Å². The smallest absolute Gasteiger partial charge is 0.241 e. The van der Waals surface area contributed by atoms with Crippen LogP contribution in [0.25, 0.3) is 0 Å². The van der Waals surface area contributed by atoms with E-state index in [4.69, 9.17) is 0 Å². The van der Waals surface area contributed by atoms with Crippen molar-refractivity contribution in [2.24, 2.45) is 5.92 Å². The van der Waals surface area contributed by atoms with Gasteiger partial charge in [-0.1, -0.05) is 29.8 Å². The quantitative estimate of drug-likeness (QED) is 0.808. The summed E-state index contributed by atoms with van der Waals surface area (Å²) in [4.78, 5) is 12.1. The molecule has 0 bridgehead atoms. The molecule has 0 aromatic heterocycles. The average molecular weight is 272 g/mol. The number of aryl methyl sites for hydroxylation is 1. The van der Waals surface area contributed by atoms with Crippen molar-refractivity contribution >= 4 is 11.6 Å². The van der Waals surface area contributed by atoms with Crippen molar-refractivity contribution in [3.63, 3.8) is 0 Å². The van der Waals surface area contributed by atoms with Crippen LogP contribution in [0.15, 0.2) is 36.4 Å². The van der Waals surface area contributed by atoms with Gasteiger partial charge in [-0.2, -0.15) is 0 Å². The van der Waals surface area contributed by atoms with E-state index in [2.05, 4.69) is 22.8 Å². The number of carbonyl (C=O) groups is 1. The van der Waals surface area contributed by atoms with Crippen LogP contribution in [0.1, 0.15) is 31.7 Å². The van der Waals surface area contributed by atoms with E-state index in [1.165, 1.54) is 12.0 Å². The van der Waals surface area contributed by atoms with Crippen LogP contribution in [0.3, 0.4) is 0 Å². The largest absolute Gasteiger partial charge is 0.325 e. The van der Waals surface area contributed by atoms with E-state index in [1.54, 1.807) is 0 Å². The van der Waals surface area contributed by atoms with Crippen LogP contribution in [0, 0.1) is 12.8 Å². The average Bonchev–Trinajstić information content (AvgIpc) is 2.48. The first-order valence-electron chi connectivity index (χ1n) is 7.41. The monoisotopic (exact) mass is 272 g/mol. The van der Waals surface area contributed by atoms with Gasteiger partial charge in [0.05, 0.1) is 6.04 Å². The van der Waals surface area contributed by atoms with E-state index in [-0.39, 0.29) is 11.9 Å². The van der Waals surface area contributed by atoms with Gasteiger partial charge in [-0.05, 0) is 57.7 Å². The first kappa shape index (κ1) is 14.8. The van der Waals surface area contributed by atoms with Gasteiger partial charge in [-0.25, -0.2) is 0 Å². The zero-order chi connectivity index (χ0) is 14.4. The van der Waals surface area contributed by atoms with Crippen molar-refractivity contribution < 1.29 is 4.79 Å². The number of benzene rings is 1. The summed E-state index contributed by atoms with van der Waals surface area (Å²) in [6.45, 7) is 4.86. The summed E-state index contributed by atoms with van der Waals surface area (Å²) < 4.78 is 0. The maximum Gasteiger partial charge on any atom is 0.241 e. The Balaban J connectivity index is 1.76. The number of allylic oxidation sites excluding steroid dienone is 2. The highest BCUT2D eigenvalue weighted by molar-refractivity contribution is 5.94. The number of rotatable bonds is 5. The first-order valence-corrected chi connectivity index (χ1v) is 7.41. The Kier molecular flexibility index (Phi) is 5.36. The fourth-order valence-electron chi connectivity index (χ4n) is 2.37. The molecule has 0 fully saturated rings. The predicted octanol–water partition coefficient (Wildman–Crippen LogP) is 3.27. The molecule has 1 aliphatic carbocycles. The molecule has 2 rings (SSSR count). The van der Waals surface area contributed by atoms with E-state index in [1.807, 2.05) is 38.1 Å². The maximum atomic E-state index is 12.1. The van der Waals surface area contributed by atoms with Crippen LogP contribution in [-0.4, -0.2) is 18.5 Å². The predicted molar refractivity (Wildman–Crippen MR) is 83.8 cm³/mol. The highest BCUT2D eigenvalue weighted by atomic mass is 16.2. The van der Waals surface area contributed by atoms with Gasteiger partial charge in [-0.15, -0.1) is 0 Å². The summed E-state index contributed by atoms with van der Waals surface area (Å²) >= 11 is 0. The molecule has 0 radical (unpaired) electrons. The van der Waals surface area contributed by atoms with Crippen LogP contribution in [0.5, 0.6) is 0 Å². The van der Waals surface area contributed by atoms with E-state index >= 15 is 0 Å². The second-order valence-corrected chi connectivity index (χ2v) is 5.64. The van der Waals surface area contributed by atoms with Crippen molar-refractivity contribution in [3.05, 3.63) is 42.0 Å². The zero-order valence-electron chi connectivity index (χ0n) is 12.4. The molecule has 3 heteroatoms. The van der Waals surface area contributed by atoms with Crippen LogP contribution >= 0.6 is 0 Å². The van der Waals surface area contributed by atoms with Gasteiger partial charge < -0.3 is 10.6 Å². The Morgan fingerprint density at radius 1 is 1.30 bits per heavy atom. The molecule has 0 heterocycles. The highest BCUT2D eigenvalue weighted by Crippen LogP contribution is 2.17. The van der Waals surface area contributed by atoms with Gasteiger partial charge >= 0.3 is 0 Å². The molecule has 1 aromatic rings. The standard InChI is InChI=1S/C17H24N2O/c1-13-8-10-16(11-9-13)19-17(20)14(2)18-12-15-6-4-3-5-7-15/h3-4,8-11,14-15,18H,5-7,12H2,1-2H3,(H,19,20). The van der Waals surface area contributed by atoms with Crippen molar-refractivity contribution in [1.29, 1.82) is 0 Å². The van der Waals surface area contributed by atoms with E-state index in [0.29, 0.717) is 5.92 Å². The highest BCUT2D eigenvalue weighted by Gasteiger charge is 2.15. The summed E-state index contributed by atoms with van der Waals surface area (Å²) in [5.41, 5.74) is 2.05. The third-order valence-electron chi connectivity index (χ3n) is 3.80. The minimum atomic E-state index is -0.165. The molecule has 1 aliphatic rings. The normalized spacial score (nSPS) is 19.6. The minimum Gasteiger partial charge on any atom is -0.325 e. The fourth-order valence-corrected chi connectivity index (χ4v) is 2.37. The van der Waals surface area contributed by atoms with E-state index in [9.17, 15) is 4.79 Å². The second-order valence-electron chi connectivity index (χ2n) is 5.64. The Morgan fingerprint density at radius 3 is 2.70 bits per heavy atom. The van der Waals surface area contributed by atoms with Gasteiger partial charge in [-0.3, -0.25) is 4.79 Å².